The fourth-order valence-corrected chi connectivity index (χ4v) is 0.377. The van der Waals surface area contributed by atoms with Gasteiger partial charge in [0.1, 0.15) is 6.10 Å². The zero-order valence-corrected chi connectivity index (χ0v) is 5.79. The van der Waals surface area contributed by atoms with E-state index < -0.39 is 6.10 Å². The second-order valence-corrected chi connectivity index (χ2v) is 2.10. The van der Waals surface area contributed by atoms with Crippen molar-refractivity contribution >= 4 is 0 Å². The van der Waals surface area contributed by atoms with Gasteiger partial charge < -0.3 is 14.9 Å². The maximum absolute atomic E-state index is 8.65. The molecule has 0 aromatic heterocycles. The SMILES string of the molecule is C[C](O)COCC(C)O. The van der Waals surface area contributed by atoms with Gasteiger partial charge in [-0.15, -0.1) is 0 Å². The highest BCUT2D eigenvalue weighted by Gasteiger charge is 1.98. The van der Waals surface area contributed by atoms with Crippen molar-refractivity contribution in [3.05, 3.63) is 6.10 Å². The van der Waals surface area contributed by atoms with Crippen LogP contribution < -0.4 is 0 Å². The molecular weight excluding hydrogens is 120 g/mol. The average Bonchev–Trinajstić information content (AvgIpc) is 1.63. The Morgan fingerprint density at radius 1 is 1.67 bits per heavy atom. The molecule has 0 spiro atoms. The minimum atomic E-state index is -0.454. The molecule has 0 aliphatic rings. The summed E-state index contributed by atoms with van der Waals surface area (Å²) in [5.41, 5.74) is 0. The third kappa shape index (κ3) is 7.88. The molecule has 0 amide bonds. The Bertz CT molecular complexity index is 53.3. The molecular formula is C6H13O3. The van der Waals surface area contributed by atoms with Crippen LogP contribution in [0, 0.1) is 6.10 Å². The lowest BCUT2D eigenvalue weighted by Gasteiger charge is -2.06. The Kier molecular flexibility index (Phi) is 4.67. The maximum Gasteiger partial charge on any atom is 0.116 e. The largest absolute Gasteiger partial charge is 0.391 e. The monoisotopic (exact) mass is 133 g/mol. The van der Waals surface area contributed by atoms with Crippen molar-refractivity contribution in [1.29, 1.82) is 0 Å². The summed E-state index contributed by atoms with van der Waals surface area (Å²) in [6.45, 7) is 3.68. The van der Waals surface area contributed by atoms with E-state index in [1.165, 1.54) is 0 Å². The Morgan fingerprint density at radius 3 is 2.56 bits per heavy atom. The van der Waals surface area contributed by atoms with Gasteiger partial charge in [-0.05, 0) is 13.8 Å². The summed E-state index contributed by atoms with van der Waals surface area (Å²) in [6.07, 6.45) is -0.222. The van der Waals surface area contributed by atoms with Gasteiger partial charge in [-0.3, -0.25) is 0 Å². The molecule has 0 rings (SSSR count). The van der Waals surface area contributed by atoms with Crippen molar-refractivity contribution in [2.75, 3.05) is 13.2 Å². The van der Waals surface area contributed by atoms with Crippen LogP contribution in [0.3, 0.4) is 0 Å². The topological polar surface area (TPSA) is 49.7 Å². The molecule has 2 N–H and O–H groups in total. The predicted molar refractivity (Wildman–Crippen MR) is 33.4 cm³/mol. The zero-order valence-electron chi connectivity index (χ0n) is 5.79. The van der Waals surface area contributed by atoms with E-state index in [2.05, 4.69) is 0 Å². The number of ether oxygens (including phenoxy) is 1. The number of rotatable bonds is 4. The second-order valence-electron chi connectivity index (χ2n) is 2.10. The number of hydrogen-bond acceptors (Lipinski definition) is 3. The fraction of sp³-hybridized carbons (Fsp3) is 0.833. The Morgan fingerprint density at radius 2 is 2.22 bits per heavy atom. The molecule has 0 aliphatic carbocycles. The first-order valence-corrected chi connectivity index (χ1v) is 2.90. The van der Waals surface area contributed by atoms with Crippen LogP contribution in [0.5, 0.6) is 0 Å². The Balaban J connectivity index is 2.91. The van der Waals surface area contributed by atoms with Crippen molar-refractivity contribution < 1.29 is 14.9 Å². The summed E-state index contributed by atoms with van der Waals surface area (Å²) in [4.78, 5) is 0. The molecule has 0 saturated carbocycles. The van der Waals surface area contributed by atoms with Gasteiger partial charge in [-0.25, -0.2) is 0 Å². The van der Waals surface area contributed by atoms with Crippen LogP contribution in [0.25, 0.3) is 0 Å². The molecule has 0 aromatic rings. The van der Waals surface area contributed by atoms with E-state index in [0.717, 1.165) is 0 Å². The van der Waals surface area contributed by atoms with Crippen molar-refractivity contribution in [3.8, 4) is 0 Å². The van der Waals surface area contributed by atoms with E-state index in [0.29, 0.717) is 0 Å². The normalized spacial score (nSPS) is 14.3. The van der Waals surface area contributed by atoms with Crippen LogP contribution in [0.1, 0.15) is 13.8 Å². The standard InChI is InChI=1S/C6H13O3/c1-5(7)3-9-4-6(2)8/h5,7-8H,3-4H2,1-2H3. The fourth-order valence-electron chi connectivity index (χ4n) is 0.377. The van der Waals surface area contributed by atoms with Crippen LogP contribution in [0.4, 0.5) is 0 Å². The van der Waals surface area contributed by atoms with Crippen molar-refractivity contribution in [2.24, 2.45) is 0 Å². The van der Waals surface area contributed by atoms with Gasteiger partial charge in [-0.2, -0.15) is 0 Å². The first kappa shape index (κ1) is 8.88. The van der Waals surface area contributed by atoms with E-state index in [1.807, 2.05) is 0 Å². The van der Waals surface area contributed by atoms with Crippen molar-refractivity contribution in [2.45, 2.75) is 20.0 Å². The smallest absolute Gasteiger partial charge is 0.116 e. The molecule has 0 fully saturated rings. The summed E-state index contributed by atoms with van der Waals surface area (Å²) in [6, 6.07) is 0. The molecule has 0 heterocycles. The van der Waals surface area contributed by atoms with Crippen LogP contribution in [-0.2, 0) is 4.74 Å². The van der Waals surface area contributed by atoms with Gasteiger partial charge in [0, 0.05) is 0 Å². The highest BCUT2D eigenvalue weighted by molar-refractivity contribution is 4.64. The van der Waals surface area contributed by atoms with E-state index in [1.54, 1.807) is 13.8 Å². The molecule has 9 heavy (non-hydrogen) atoms. The lowest BCUT2D eigenvalue weighted by molar-refractivity contribution is 0.0327. The van der Waals surface area contributed by atoms with Gasteiger partial charge in [0.25, 0.3) is 0 Å². The summed E-state index contributed by atoms with van der Waals surface area (Å²) >= 11 is 0. The summed E-state index contributed by atoms with van der Waals surface area (Å²) < 4.78 is 4.82. The maximum atomic E-state index is 8.65. The van der Waals surface area contributed by atoms with E-state index in [-0.39, 0.29) is 19.3 Å². The molecule has 1 unspecified atom stereocenters. The van der Waals surface area contributed by atoms with E-state index >= 15 is 0 Å². The molecule has 3 heteroatoms. The quantitative estimate of drug-likeness (QED) is 0.580. The summed E-state index contributed by atoms with van der Waals surface area (Å²) in [5.74, 6) is 0. The molecule has 0 aromatic carbocycles. The van der Waals surface area contributed by atoms with Crippen LogP contribution in [0.15, 0.2) is 0 Å². The first-order chi connectivity index (χ1) is 4.13. The Hall–Kier alpha value is -0.120. The van der Waals surface area contributed by atoms with Crippen molar-refractivity contribution in [1.82, 2.24) is 0 Å². The van der Waals surface area contributed by atoms with Gasteiger partial charge >= 0.3 is 0 Å². The summed E-state index contributed by atoms with van der Waals surface area (Å²) in [5, 5.41) is 17.2. The van der Waals surface area contributed by atoms with Gasteiger partial charge in [0.05, 0.1) is 19.3 Å². The predicted octanol–water partition coefficient (Wildman–Crippen LogP) is 0.308. The second kappa shape index (κ2) is 4.73. The molecule has 1 radical (unpaired) electrons. The Labute approximate surface area is 55.3 Å². The lowest BCUT2D eigenvalue weighted by Crippen LogP contribution is -2.13. The first-order valence-electron chi connectivity index (χ1n) is 2.90. The van der Waals surface area contributed by atoms with Crippen LogP contribution in [0.2, 0.25) is 0 Å². The molecule has 1 atom stereocenters. The van der Waals surface area contributed by atoms with Crippen LogP contribution in [-0.4, -0.2) is 29.5 Å². The highest BCUT2D eigenvalue weighted by Crippen LogP contribution is 1.91. The van der Waals surface area contributed by atoms with Gasteiger partial charge in [-0.1, -0.05) is 0 Å². The minimum absolute atomic E-state index is 0.213. The van der Waals surface area contributed by atoms with Crippen LogP contribution >= 0.6 is 0 Å². The summed E-state index contributed by atoms with van der Waals surface area (Å²) in [7, 11) is 0. The van der Waals surface area contributed by atoms with Gasteiger partial charge in [0.2, 0.25) is 0 Å². The zero-order chi connectivity index (χ0) is 7.28. The minimum Gasteiger partial charge on any atom is -0.391 e. The van der Waals surface area contributed by atoms with Gasteiger partial charge in [0.15, 0.2) is 0 Å². The molecule has 0 saturated heterocycles. The number of aliphatic hydroxyl groups is 2. The van der Waals surface area contributed by atoms with E-state index in [9.17, 15) is 0 Å². The third-order valence-electron chi connectivity index (χ3n) is 0.670. The molecule has 0 bridgehead atoms. The molecule has 3 nitrogen and oxygen atoms in total. The average molecular weight is 133 g/mol. The number of hydrogen-bond donors (Lipinski definition) is 2. The van der Waals surface area contributed by atoms with E-state index in [4.69, 9.17) is 14.9 Å². The highest BCUT2D eigenvalue weighted by atomic mass is 16.5. The lowest BCUT2D eigenvalue weighted by atomic mass is 10.4. The molecule has 55 valence electrons. The molecule has 0 aliphatic heterocycles. The third-order valence-corrected chi connectivity index (χ3v) is 0.670. The van der Waals surface area contributed by atoms with Crippen molar-refractivity contribution in [3.63, 3.8) is 0 Å². The number of aliphatic hydroxyl groups excluding tert-OH is 2.